The summed E-state index contributed by atoms with van der Waals surface area (Å²) in [5.74, 6) is 0.00942. The molecule has 0 saturated carbocycles. The summed E-state index contributed by atoms with van der Waals surface area (Å²) in [6, 6.07) is 9.80. The summed E-state index contributed by atoms with van der Waals surface area (Å²) in [6.45, 7) is 9.72. The monoisotopic (exact) mass is 440 g/mol. The predicted molar refractivity (Wildman–Crippen MR) is 123 cm³/mol. The molecule has 1 atom stereocenters. The molecule has 7 heteroatoms. The lowest BCUT2D eigenvalue weighted by Gasteiger charge is -2.39. The maximum atomic E-state index is 13.5. The van der Waals surface area contributed by atoms with Gasteiger partial charge in [-0.15, -0.1) is 0 Å². The second kappa shape index (κ2) is 8.85. The summed E-state index contributed by atoms with van der Waals surface area (Å²) < 4.78 is 0. The normalized spacial score (nSPS) is 24.2. The molecule has 0 aliphatic carbocycles. The number of imide groups is 1. The minimum Gasteiger partial charge on any atom is -0.341 e. The van der Waals surface area contributed by atoms with Gasteiger partial charge in [-0.3, -0.25) is 19.4 Å². The lowest BCUT2D eigenvalue weighted by Crippen LogP contribution is -2.56. The van der Waals surface area contributed by atoms with Crippen molar-refractivity contribution < 1.29 is 14.4 Å². The molecule has 3 saturated heterocycles. The second-order valence-corrected chi connectivity index (χ2v) is 10.8. The van der Waals surface area contributed by atoms with E-state index in [0.717, 1.165) is 32.5 Å². The van der Waals surface area contributed by atoms with E-state index in [9.17, 15) is 14.4 Å². The van der Waals surface area contributed by atoms with Crippen molar-refractivity contribution in [2.75, 3.05) is 26.2 Å². The Morgan fingerprint density at radius 2 is 1.78 bits per heavy atom. The van der Waals surface area contributed by atoms with Gasteiger partial charge in [0, 0.05) is 39.1 Å². The Labute approximate surface area is 191 Å². The molecule has 3 fully saturated rings. The molecule has 3 aliphatic heterocycles. The number of carbonyl (C=O) groups is 3. The van der Waals surface area contributed by atoms with Gasteiger partial charge in [-0.25, -0.2) is 4.79 Å². The highest BCUT2D eigenvalue weighted by atomic mass is 16.2. The number of rotatable bonds is 4. The first-order valence-corrected chi connectivity index (χ1v) is 11.9. The van der Waals surface area contributed by atoms with E-state index >= 15 is 0 Å². The maximum absolute atomic E-state index is 13.5. The van der Waals surface area contributed by atoms with Crippen LogP contribution in [0.3, 0.4) is 0 Å². The van der Waals surface area contributed by atoms with Crippen molar-refractivity contribution in [1.29, 1.82) is 0 Å². The van der Waals surface area contributed by atoms with Gasteiger partial charge in [0.15, 0.2) is 0 Å². The molecule has 1 aromatic rings. The Kier molecular flexibility index (Phi) is 6.30. The van der Waals surface area contributed by atoms with E-state index in [4.69, 9.17) is 0 Å². The molecule has 1 unspecified atom stereocenters. The molecule has 1 aromatic carbocycles. The minimum absolute atomic E-state index is 0.0807. The number of carbonyl (C=O) groups excluding carboxylic acids is 3. The van der Waals surface area contributed by atoms with Gasteiger partial charge in [0.05, 0.1) is 6.04 Å². The molecule has 0 aromatic heterocycles. The van der Waals surface area contributed by atoms with Crippen molar-refractivity contribution in [2.24, 2.45) is 5.41 Å². The number of hydrogen-bond donors (Lipinski definition) is 1. The smallest absolute Gasteiger partial charge is 0.325 e. The minimum atomic E-state index is -0.790. The first-order chi connectivity index (χ1) is 15.2. The molecule has 3 heterocycles. The third-order valence-corrected chi connectivity index (χ3v) is 6.95. The van der Waals surface area contributed by atoms with Crippen molar-refractivity contribution in [2.45, 2.75) is 71.0 Å². The first kappa shape index (κ1) is 22.8. The van der Waals surface area contributed by atoms with Crippen molar-refractivity contribution in [3.63, 3.8) is 0 Å². The molecule has 4 rings (SSSR count). The van der Waals surface area contributed by atoms with Crippen LogP contribution in [0.15, 0.2) is 30.3 Å². The molecule has 0 bridgehead atoms. The number of nitrogens with zero attached hydrogens (tertiary/aromatic N) is 3. The Balaban J connectivity index is 1.38. The van der Waals surface area contributed by atoms with Gasteiger partial charge in [0.1, 0.15) is 5.54 Å². The quantitative estimate of drug-likeness (QED) is 0.731. The molecule has 4 amide bonds. The second-order valence-electron chi connectivity index (χ2n) is 10.8. The number of nitrogens with one attached hydrogen (secondary N) is 1. The van der Waals surface area contributed by atoms with Crippen LogP contribution in [0.5, 0.6) is 0 Å². The van der Waals surface area contributed by atoms with E-state index in [1.54, 1.807) is 0 Å². The SMILES string of the molecule is CC(C)(C)CC(=O)N1CCCC(N2C(=O)NC3(CCN(Cc4ccccc4)CC3)C2=O)C1. The zero-order chi connectivity index (χ0) is 22.9. The number of amides is 4. The summed E-state index contributed by atoms with van der Waals surface area (Å²) in [5.41, 5.74) is 0.388. The predicted octanol–water partition coefficient (Wildman–Crippen LogP) is 3.00. The summed E-state index contributed by atoms with van der Waals surface area (Å²) in [5, 5.41) is 3.04. The molecule has 3 aliphatic rings. The third-order valence-electron chi connectivity index (χ3n) is 6.95. The van der Waals surface area contributed by atoms with Gasteiger partial charge in [-0.1, -0.05) is 51.1 Å². The van der Waals surface area contributed by atoms with Crippen LogP contribution < -0.4 is 5.32 Å². The fourth-order valence-corrected chi connectivity index (χ4v) is 5.20. The van der Waals surface area contributed by atoms with Gasteiger partial charge in [0.25, 0.3) is 5.91 Å². The van der Waals surface area contributed by atoms with Gasteiger partial charge in [0.2, 0.25) is 5.91 Å². The van der Waals surface area contributed by atoms with Gasteiger partial charge in [-0.05, 0) is 36.7 Å². The zero-order valence-electron chi connectivity index (χ0n) is 19.6. The largest absolute Gasteiger partial charge is 0.341 e. The molecular formula is C25H36N4O3. The number of benzene rings is 1. The van der Waals surface area contributed by atoms with Crippen LogP contribution in [0.2, 0.25) is 0 Å². The molecule has 32 heavy (non-hydrogen) atoms. The first-order valence-electron chi connectivity index (χ1n) is 11.9. The summed E-state index contributed by atoms with van der Waals surface area (Å²) in [4.78, 5) is 44.7. The van der Waals surface area contributed by atoms with Crippen LogP contribution in [-0.2, 0) is 16.1 Å². The Morgan fingerprint density at radius 1 is 1.09 bits per heavy atom. The molecule has 1 N–H and O–H groups in total. The molecule has 1 spiro atoms. The fourth-order valence-electron chi connectivity index (χ4n) is 5.20. The van der Waals surface area contributed by atoms with Gasteiger partial charge in [-0.2, -0.15) is 0 Å². The number of piperidine rings is 2. The van der Waals surface area contributed by atoms with E-state index < -0.39 is 5.54 Å². The highest BCUT2D eigenvalue weighted by Crippen LogP contribution is 2.33. The lowest BCUT2D eigenvalue weighted by molar-refractivity contribution is -0.140. The van der Waals surface area contributed by atoms with Gasteiger partial charge >= 0.3 is 6.03 Å². The van der Waals surface area contributed by atoms with Gasteiger partial charge < -0.3 is 10.2 Å². The highest BCUT2D eigenvalue weighted by Gasteiger charge is 2.54. The van der Waals surface area contributed by atoms with E-state index in [1.807, 2.05) is 23.1 Å². The maximum Gasteiger partial charge on any atom is 0.325 e. The van der Waals surface area contributed by atoms with Crippen LogP contribution in [0.4, 0.5) is 4.79 Å². The van der Waals surface area contributed by atoms with Crippen LogP contribution in [0.1, 0.15) is 58.4 Å². The van der Waals surface area contributed by atoms with Crippen molar-refractivity contribution in [3.05, 3.63) is 35.9 Å². The van der Waals surface area contributed by atoms with Crippen LogP contribution in [-0.4, -0.2) is 70.3 Å². The number of urea groups is 1. The van der Waals surface area contributed by atoms with E-state index in [1.165, 1.54) is 10.5 Å². The third kappa shape index (κ3) is 4.82. The van der Waals surface area contributed by atoms with Crippen molar-refractivity contribution >= 4 is 17.8 Å². The molecular weight excluding hydrogens is 404 g/mol. The number of likely N-dealkylation sites (tertiary alicyclic amines) is 2. The van der Waals surface area contributed by atoms with E-state index in [0.29, 0.717) is 32.4 Å². The zero-order valence-corrected chi connectivity index (χ0v) is 19.6. The highest BCUT2D eigenvalue weighted by molar-refractivity contribution is 6.07. The summed E-state index contributed by atoms with van der Waals surface area (Å²) >= 11 is 0. The Morgan fingerprint density at radius 3 is 2.44 bits per heavy atom. The standard InChI is InChI=1S/C25H36N4O3/c1-24(2,3)16-21(30)28-13-7-10-20(18-28)29-22(31)25(26-23(29)32)11-14-27(15-12-25)17-19-8-5-4-6-9-19/h4-6,8-9,20H,7,10-18H2,1-3H3,(H,26,32). The Bertz CT molecular complexity index is 856. The van der Waals surface area contributed by atoms with E-state index in [-0.39, 0.29) is 29.3 Å². The Hall–Kier alpha value is -2.41. The fraction of sp³-hybridized carbons (Fsp3) is 0.640. The van der Waals surface area contributed by atoms with Crippen LogP contribution in [0.25, 0.3) is 0 Å². The molecule has 7 nitrogen and oxygen atoms in total. The van der Waals surface area contributed by atoms with Crippen molar-refractivity contribution in [3.8, 4) is 0 Å². The van der Waals surface area contributed by atoms with Crippen molar-refractivity contribution in [1.82, 2.24) is 20.0 Å². The van der Waals surface area contributed by atoms with Crippen LogP contribution in [0, 0.1) is 5.41 Å². The van der Waals surface area contributed by atoms with Crippen LogP contribution >= 0.6 is 0 Å². The number of hydrogen-bond acceptors (Lipinski definition) is 4. The average Bonchev–Trinajstić information content (AvgIpc) is 2.99. The molecule has 0 radical (unpaired) electrons. The summed E-state index contributed by atoms with van der Waals surface area (Å²) in [7, 11) is 0. The lowest BCUT2D eigenvalue weighted by atomic mass is 9.86. The van der Waals surface area contributed by atoms with E-state index in [2.05, 4.69) is 43.1 Å². The molecule has 174 valence electrons. The topological polar surface area (TPSA) is 73.0 Å². The average molecular weight is 441 g/mol. The summed E-state index contributed by atoms with van der Waals surface area (Å²) in [6.07, 6.45) is 3.30.